The van der Waals surface area contributed by atoms with Gasteiger partial charge in [-0.15, -0.1) is 11.3 Å². The number of hydrogen-bond acceptors (Lipinski definition) is 5. The van der Waals surface area contributed by atoms with Gasteiger partial charge in [-0.1, -0.05) is 41.4 Å². The minimum absolute atomic E-state index is 0.153. The molecule has 0 bridgehead atoms. The first-order valence-electron chi connectivity index (χ1n) is 9.65. The van der Waals surface area contributed by atoms with Crippen molar-refractivity contribution in [2.75, 3.05) is 18.4 Å². The summed E-state index contributed by atoms with van der Waals surface area (Å²) >= 11 is 13.5. The number of carbonyl (C=O) groups excluding carboxylic acids is 1. The number of halogens is 2. The van der Waals surface area contributed by atoms with Gasteiger partial charge in [0.15, 0.2) is 0 Å². The van der Waals surface area contributed by atoms with Crippen LogP contribution in [0.3, 0.4) is 0 Å². The van der Waals surface area contributed by atoms with Gasteiger partial charge in [0, 0.05) is 19.2 Å². The molecule has 4 rings (SSSR count). The molecular formula is C20H20Cl2N4O3S2. The maximum atomic E-state index is 12.9. The molecule has 1 aliphatic heterocycles. The van der Waals surface area contributed by atoms with Crippen LogP contribution in [-0.2, 0) is 21.4 Å². The summed E-state index contributed by atoms with van der Waals surface area (Å²) in [6.07, 6.45) is 2.83. The molecule has 11 heteroatoms. The van der Waals surface area contributed by atoms with Crippen molar-refractivity contribution in [2.45, 2.75) is 23.6 Å². The molecule has 1 aromatic carbocycles. The molecule has 1 N–H and O–H groups in total. The molecule has 0 spiro atoms. The Morgan fingerprint density at radius 1 is 1.23 bits per heavy atom. The van der Waals surface area contributed by atoms with Crippen molar-refractivity contribution in [3.63, 3.8) is 0 Å². The fraction of sp³-hybridized carbons (Fsp3) is 0.300. The Balaban J connectivity index is 1.46. The van der Waals surface area contributed by atoms with Crippen molar-refractivity contribution in [1.82, 2.24) is 14.1 Å². The van der Waals surface area contributed by atoms with Crippen LogP contribution in [0.25, 0.3) is 0 Å². The van der Waals surface area contributed by atoms with Crippen LogP contribution < -0.4 is 5.32 Å². The van der Waals surface area contributed by atoms with Crippen LogP contribution in [0.2, 0.25) is 10.0 Å². The van der Waals surface area contributed by atoms with Gasteiger partial charge in [0.25, 0.3) is 10.0 Å². The maximum Gasteiger partial charge on any atom is 0.252 e. The number of aromatic nitrogens is 2. The van der Waals surface area contributed by atoms with Crippen molar-refractivity contribution in [3.8, 4) is 0 Å². The predicted molar refractivity (Wildman–Crippen MR) is 122 cm³/mol. The fourth-order valence-corrected chi connectivity index (χ4v) is 6.59. The van der Waals surface area contributed by atoms with E-state index in [-0.39, 0.29) is 12.5 Å². The SMILES string of the molecule is O=C(Nc1ccnn1Cc1cccc(Cl)c1Cl)[C@H]1CCCN(S(=O)(=O)c2cccs2)C1. The smallest absolute Gasteiger partial charge is 0.252 e. The number of piperidine rings is 1. The number of benzene rings is 1. The first-order chi connectivity index (χ1) is 14.9. The van der Waals surface area contributed by atoms with Gasteiger partial charge in [-0.05, 0) is 35.9 Å². The lowest BCUT2D eigenvalue weighted by Crippen LogP contribution is -2.43. The third-order valence-electron chi connectivity index (χ3n) is 5.16. The molecule has 2 aromatic heterocycles. The number of amides is 1. The summed E-state index contributed by atoms with van der Waals surface area (Å²) in [6, 6.07) is 10.3. The molecule has 7 nitrogen and oxygen atoms in total. The van der Waals surface area contributed by atoms with Crippen LogP contribution >= 0.6 is 34.5 Å². The second-order valence-electron chi connectivity index (χ2n) is 7.21. The average molecular weight is 499 g/mol. The molecule has 1 amide bonds. The zero-order valence-corrected chi connectivity index (χ0v) is 19.5. The minimum atomic E-state index is -3.58. The number of carbonyl (C=O) groups is 1. The van der Waals surface area contributed by atoms with Crippen LogP contribution in [0.5, 0.6) is 0 Å². The zero-order chi connectivity index (χ0) is 22.0. The number of thiophene rings is 1. The molecular weight excluding hydrogens is 479 g/mol. The van der Waals surface area contributed by atoms with Crippen molar-refractivity contribution in [1.29, 1.82) is 0 Å². The topological polar surface area (TPSA) is 84.3 Å². The summed E-state index contributed by atoms with van der Waals surface area (Å²) < 4.78 is 29.0. The summed E-state index contributed by atoms with van der Waals surface area (Å²) in [6.45, 7) is 0.904. The van der Waals surface area contributed by atoms with Gasteiger partial charge in [-0.3, -0.25) is 4.79 Å². The first-order valence-corrected chi connectivity index (χ1v) is 12.7. The van der Waals surface area contributed by atoms with E-state index < -0.39 is 15.9 Å². The Morgan fingerprint density at radius 3 is 2.84 bits per heavy atom. The third-order valence-corrected chi connectivity index (χ3v) is 9.26. The second-order valence-corrected chi connectivity index (χ2v) is 11.1. The summed E-state index contributed by atoms with van der Waals surface area (Å²) in [5.41, 5.74) is 0.777. The Kier molecular flexibility index (Phi) is 6.68. The van der Waals surface area contributed by atoms with E-state index in [1.54, 1.807) is 46.6 Å². The zero-order valence-electron chi connectivity index (χ0n) is 16.4. The molecule has 0 radical (unpaired) electrons. The molecule has 1 aliphatic rings. The van der Waals surface area contributed by atoms with Crippen LogP contribution in [0.15, 0.2) is 52.2 Å². The lowest BCUT2D eigenvalue weighted by atomic mass is 9.99. The summed E-state index contributed by atoms with van der Waals surface area (Å²) in [7, 11) is -3.58. The van der Waals surface area contributed by atoms with E-state index in [4.69, 9.17) is 23.2 Å². The number of hydrogen-bond donors (Lipinski definition) is 1. The van der Waals surface area contributed by atoms with E-state index in [9.17, 15) is 13.2 Å². The van der Waals surface area contributed by atoms with E-state index in [0.717, 1.165) is 5.56 Å². The van der Waals surface area contributed by atoms with Gasteiger partial charge < -0.3 is 5.32 Å². The highest BCUT2D eigenvalue weighted by Crippen LogP contribution is 2.28. The van der Waals surface area contributed by atoms with E-state index in [0.29, 0.717) is 46.0 Å². The number of rotatable bonds is 6. The third kappa shape index (κ3) is 4.80. The fourth-order valence-electron chi connectivity index (χ4n) is 3.54. The van der Waals surface area contributed by atoms with E-state index >= 15 is 0 Å². The van der Waals surface area contributed by atoms with E-state index in [1.807, 2.05) is 6.07 Å². The molecule has 1 fully saturated rings. The molecule has 0 saturated carbocycles. The molecule has 0 unspecified atom stereocenters. The molecule has 1 saturated heterocycles. The molecule has 3 heterocycles. The van der Waals surface area contributed by atoms with Crippen molar-refractivity contribution in [2.24, 2.45) is 5.92 Å². The molecule has 3 aromatic rings. The Hall–Kier alpha value is -1.91. The van der Waals surface area contributed by atoms with Crippen LogP contribution in [0.4, 0.5) is 5.82 Å². The van der Waals surface area contributed by atoms with Gasteiger partial charge in [0.1, 0.15) is 10.0 Å². The highest BCUT2D eigenvalue weighted by Gasteiger charge is 2.34. The highest BCUT2D eigenvalue weighted by atomic mass is 35.5. The monoisotopic (exact) mass is 498 g/mol. The number of anilines is 1. The highest BCUT2D eigenvalue weighted by molar-refractivity contribution is 7.91. The van der Waals surface area contributed by atoms with Gasteiger partial charge in [-0.25, -0.2) is 13.1 Å². The summed E-state index contributed by atoms with van der Waals surface area (Å²) in [4.78, 5) is 12.9. The largest absolute Gasteiger partial charge is 0.311 e. The Morgan fingerprint density at radius 2 is 2.06 bits per heavy atom. The number of nitrogens with one attached hydrogen (secondary N) is 1. The molecule has 1 atom stereocenters. The van der Waals surface area contributed by atoms with Crippen LogP contribution in [0, 0.1) is 5.92 Å². The van der Waals surface area contributed by atoms with Crippen molar-refractivity contribution >= 4 is 56.3 Å². The molecule has 31 heavy (non-hydrogen) atoms. The number of sulfonamides is 1. The summed E-state index contributed by atoms with van der Waals surface area (Å²) in [5, 5.41) is 9.78. The van der Waals surface area contributed by atoms with Gasteiger partial charge in [0.05, 0.1) is 28.7 Å². The van der Waals surface area contributed by atoms with Crippen molar-refractivity contribution < 1.29 is 13.2 Å². The predicted octanol–water partition coefficient (Wildman–Crippen LogP) is 4.34. The van der Waals surface area contributed by atoms with Gasteiger partial charge in [0.2, 0.25) is 5.91 Å². The molecule has 0 aliphatic carbocycles. The van der Waals surface area contributed by atoms with E-state index in [2.05, 4.69) is 10.4 Å². The van der Waals surface area contributed by atoms with Gasteiger partial charge in [-0.2, -0.15) is 9.40 Å². The average Bonchev–Trinajstić information content (AvgIpc) is 3.44. The standard InChI is InChI=1S/C20H20Cl2N4O3S2/c21-16-6-1-4-14(19(16)22)13-26-17(8-9-23-26)24-20(27)15-5-2-10-25(12-15)31(28,29)18-7-3-11-30-18/h1,3-4,6-9,11,15H,2,5,10,12-13H2,(H,24,27)/t15-/m0/s1. The minimum Gasteiger partial charge on any atom is -0.311 e. The summed E-state index contributed by atoms with van der Waals surface area (Å²) in [5.74, 6) is -0.161. The first kappa shape index (κ1) is 22.3. The lowest BCUT2D eigenvalue weighted by Gasteiger charge is -2.30. The normalized spacial score (nSPS) is 17.5. The van der Waals surface area contributed by atoms with E-state index in [1.165, 1.54) is 15.6 Å². The lowest BCUT2D eigenvalue weighted by molar-refractivity contribution is -0.120. The quantitative estimate of drug-likeness (QED) is 0.547. The van der Waals surface area contributed by atoms with Crippen LogP contribution in [-0.4, -0.2) is 41.5 Å². The molecule has 164 valence electrons. The van der Waals surface area contributed by atoms with Crippen molar-refractivity contribution in [3.05, 3.63) is 63.6 Å². The number of nitrogens with zero attached hydrogens (tertiary/aromatic N) is 3. The van der Waals surface area contributed by atoms with Gasteiger partial charge >= 0.3 is 0 Å². The maximum absolute atomic E-state index is 12.9. The Bertz CT molecular complexity index is 1180. The van der Waals surface area contributed by atoms with Crippen LogP contribution in [0.1, 0.15) is 18.4 Å². The second kappa shape index (κ2) is 9.30. The Labute approximate surface area is 194 Å².